The molecule has 8 heavy (non-hydrogen) atoms. The third-order valence-electron chi connectivity index (χ3n) is 0.988. The molecule has 0 bridgehead atoms. The van der Waals surface area contributed by atoms with Crippen molar-refractivity contribution in [1.29, 1.82) is 0 Å². The third kappa shape index (κ3) is 1.13. The van der Waals surface area contributed by atoms with Crippen LogP contribution in [0.25, 0.3) is 0 Å². The van der Waals surface area contributed by atoms with Crippen LogP contribution in [-0.4, -0.2) is 4.57 Å². The Balaban J connectivity index is 2.84. The van der Waals surface area contributed by atoms with Gasteiger partial charge >= 0.3 is 0 Å². The molecule has 0 aliphatic heterocycles. The quantitative estimate of drug-likeness (QED) is 0.612. The molecule has 2 heteroatoms. The fourth-order valence-electron chi connectivity index (χ4n) is 0.551. The molecule has 1 aromatic heterocycles. The highest BCUT2D eigenvalue weighted by Crippen LogP contribution is 2.07. The fourth-order valence-corrected chi connectivity index (χ4v) is 0.900. The van der Waals surface area contributed by atoms with E-state index in [1.165, 1.54) is 0 Å². The number of hydrogen-bond acceptors (Lipinski definition) is 0. The highest BCUT2D eigenvalue weighted by Gasteiger charge is 1.87. The molecule has 1 nitrogen and oxygen atoms in total. The molecular weight excluding hydrogens is 166 g/mol. The van der Waals surface area contributed by atoms with Gasteiger partial charge in [0.15, 0.2) is 0 Å². The Morgan fingerprint density at radius 2 is 2.62 bits per heavy atom. The number of nitrogens with zero attached hydrogens (tertiary/aromatic N) is 1. The van der Waals surface area contributed by atoms with E-state index in [4.69, 9.17) is 0 Å². The van der Waals surface area contributed by atoms with Crippen molar-refractivity contribution in [3.05, 3.63) is 22.9 Å². The lowest BCUT2D eigenvalue weighted by molar-refractivity contribution is 0.762. The summed E-state index contributed by atoms with van der Waals surface area (Å²) in [5.74, 6) is 0. The maximum Gasteiger partial charge on any atom is 0.0659 e. The zero-order valence-electron chi connectivity index (χ0n) is 4.69. The summed E-state index contributed by atoms with van der Waals surface area (Å²) in [6, 6.07) is 1.91. The largest absolute Gasteiger partial charge is 0.345 e. The Morgan fingerprint density at radius 3 is 2.88 bits per heavy atom. The molecule has 0 spiro atoms. The fraction of sp³-hybridized carbons (Fsp3) is 0.333. The standard InChI is InChI=1S/C6H7BrN/c1-2-8-4-3-6(7)5-8/h3,5H,2H2,1H3. The molecule has 1 radical (unpaired) electrons. The summed E-state index contributed by atoms with van der Waals surface area (Å²) < 4.78 is 3.09. The Labute approximate surface area is 57.4 Å². The summed E-state index contributed by atoms with van der Waals surface area (Å²) in [6.45, 7) is 3.08. The Kier molecular flexibility index (Phi) is 1.73. The summed E-state index contributed by atoms with van der Waals surface area (Å²) >= 11 is 3.32. The van der Waals surface area contributed by atoms with Gasteiger partial charge in [-0.2, -0.15) is 0 Å². The van der Waals surface area contributed by atoms with Crippen molar-refractivity contribution >= 4 is 15.9 Å². The van der Waals surface area contributed by atoms with Crippen LogP contribution in [-0.2, 0) is 6.54 Å². The number of hydrogen-bond donors (Lipinski definition) is 0. The smallest absolute Gasteiger partial charge is 0.0659 e. The zero-order valence-corrected chi connectivity index (χ0v) is 6.27. The summed E-state index contributed by atoms with van der Waals surface area (Å²) in [4.78, 5) is 0. The molecule has 0 saturated carbocycles. The van der Waals surface area contributed by atoms with Gasteiger partial charge in [-0.15, -0.1) is 0 Å². The Bertz CT molecular complexity index is 169. The van der Waals surface area contributed by atoms with Crippen molar-refractivity contribution in [3.8, 4) is 0 Å². The van der Waals surface area contributed by atoms with Crippen LogP contribution in [0.15, 0.2) is 16.7 Å². The van der Waals surface area contributed by atoms with Gasteiger partial charge in [0.1, 0.15) is 0 Å². The van der Waals surface area contributed by atoms with Gasteiger partial charge in [0, 0.05) is 17.2 Å². The third-order valence-corrected chi connectivity index (χ3v) is 1.42. The van der Waals surface area contributed by atoms with Crippen LogP contribution < -0.4 is 0 Å². The van der Waals surface area contributed by atoms with Crippen LogP contribution >= 0.6 is 15.9 Å². The normalized spacial score (nSPS) is 9.75. The number of aryl methyl sites for hydroxylation is 1. The van der Waals surface area contributed by atoms with Crippen molar-refractivity contribution in [2.45, 2.75) is 13.5 Å². The van der Waals surface area contributed by atoms with Crippen molar-refractivity contribution in [2.24, 2.45) is 0 Å². The van der Waals surface area contributed by atoms with E-state index in [0.717, 1.165) is 11.0 Å². The SMILES string of the molecule is CCn1[c]cc(Br)c1. The van der Waals surface area contributed by atoms with Gasteiger partial charge in [-0.05, 0) is 28.9 Å². The summed E-state index contributed by atoms with van der Waals surface area (Å²) in [7, 11) is 0. The number of aromatic nitrogens is 1. The molecule has 0 amide bonds. The molecule has 0 aromatic carbocycles. The van der Waals surface area contributed by atoms with E-state index in [1.54, 1.807) is 0 Å². The Morgan fingerprint density at radius 1 is 1.88 bits per heavy atom. The van der Waals surface area contributed by atoms with Crippen LogP contribution in [0.5, 0.6) is 0 Å². The second-order valence-corrected chi connectivity index (χ2v) is 2.49. The van der Waals surface area contributed by atoms with E-state index >= 15 is 0 Å². The average molecular weight is 173 g/mol. The van der Waals surface area contributed by atoms with Crippen molar-refractivity contribution in [2.75, 3.05) is 0 Å². The van der Waals surface area contributed by atoms with Crippen LogP contribution in [0.2, 0.25) is 0 Å². The number of halogens is 1. The lowest BCUT2D eigenvalue weighted by atomic mass is 10.7. The Hall–Kier alpha value is -0.240. The van der Waals surface area contributed by atoms with Crippen LogP contribution in [0.3, 0.4) is 0 Å². The molecule has 0 aliphatic carbocycles. The van der Waals surface area contributed by atoms with E-state index < -0.39 is 0 Å². The van der Waals surface area contributed by atoms with Gasteiger partial charge in [0.05, 0.1) is 6.20 Å². The maximum absolute atomic E-state index is 3.32. The van der Waals surface area contributed by atoms with Crippen molar-refractivity contribution < 1.29 is 0 Å². The van der Waals surface area contributed by atoms with Gasteiger partial charge < -0.3 is 4.57 Å². The van der Waals surface area contributed by atoms with E-state index in [-0.39, 0.29) is 0 Å². The minimum Gasteiger partial charge on any atom is -0.345 e. The van der Waals surface area contributed by atoms with Crippen molar-refractivity contribution in [1.82, 2.24) is 4.57 Å². The second kappa shape index (κ2) is 2.35. The van der Waals surface area contributed by atoms with E-state index in [0.29, 0.717) is 0 Å². The molecule has 0 fully saturated rings. The van der Waals surface area contributed by atoms with Crippen LogP contribution in [0.4, 0.5) is 0 Å². The topological polar surface area (TPSA) is 4.93 Å². The maximum atomic E-state index is 3.32. The van der Waals surface area contributed by atoms with Gasteiger partial charge in [-0.25, -0.2) is 0 Å². The molecule has 1 rings (SSSR count). The average Bonchev–Trinajstić information content (AvgIpc) is 2.14. The van der Waals surface area contributed by atoms with E-state index in [2.05, 4.69) is 29.1 Å². The lowest BCUT2D eigenvalue weighted by Gasteiger charge is -1.89. The summed E-state index contributed by atoms with van der Waals surface area (Å²) in [5.41, 5.74) is 0. The monoisotopic (exact) mass is 172 g/mol. The first-order valence-electron chi connectivity index (χ1n) is 2.56. The minimum absolute atomic E-state index is 0.992. The van der Waals surface area contributed by atoms with Gasteiger partial charge in [-0.3, -0.25) is 0 Å². The molecule has 1 heterocycles. The molecular formula is C6H7BrN. The lowest BCUT2D eigenvalue weighted by Crippen LogP contribution is -1.86. The minimum atomic E-state index is 0.992. The predicted octanol–water partition coefficient (Wildman–Crippen LogP) is 2.07. The first-order chi connectivity index (χ1) is 3.83. The molecule has 0 N–H and O–H groups in total. The highest BCUT2D eigenvalue weighted by atomic mass is 79.9. The molecule has 1 aromatic rings. The first-order valence-corrected chi connectivity index (χ1v) is 3.35. The molecule has 0 saturated heterocycles. The van der Waals surface area contributed by atoms with E-state index in [1.807, 2.05) is 16.8 Å². The van der Waals surface area contributed by atoms with Gasteiger partial charge in [-0.1, -0.05) is 0 Å². The highest BCUT2D eigenvalue weighted by molar-refractivity contribution is 9.10. The van der Waals surface area contributed by atoms with Crippen LogP contribution in [0.1, 0.15) is 6.92 Å². The summed E-state index contributed by atoms with van der Waals surface area (Å²) in [6.07, 6.45) is 5.02. The molecule has 43 valence electrons. The predicted molar refractivity (Wildman–Crippen MR) is 36.6 cm³/mol. The number of rotatable bonds is 1. The zero-order chi connectivity index (χ0) is 5.98. The second-order valence-electron chi connectivity index (χ2n) is 1.57. The first kappa shape index (κ1) is 5.89. The van der Waals surface area contributed by atoms with Gasteiger partial charge in [0.25, 0.3) is 0 Å². The van der Waals surface area contributed by atoms with E-state index in [9.17, 15) is 0 Å². The molecule has 0 aliphatic rings. The van der Waals surface area contributed by atoms with Crippen molar-refractivity contribution in [3.63, 3.8) is 0 Å². The molecule has 0 atom stereocenters. The molecule has 0 unspecified atom stereocenters. The summed E-state index contributed by atoms with van der Waals surface area (Å²) in [5, 5.41) is 0. The van der Waals surface area contributed by atoms with Gasteiger partial charge in [0.2, 0.25) is 0 Å². The van der Waals surface area contributed by atoms with Crippen LogP contribution in [0, 0.1) is 6.20 Å².